The standard InChI is InChI=1S/C24H22F5N5O2S.C13H17F3N4OS.C12H11F2NO2/c1-13-9-20(24(27,28)29)31-34(13)11-21(35)33-7-5-14(6-8-33)23-30-18(12-37-23)17-10-19(36-32-17)22-15(25)3-2-4-16(22)26;1-8-6-10(13(14,15)16)18-20(8)7-11(21)19-4-2-9(3-5-19)12(17)22;1-2-10(16)9-6-11(17-15-9)12-7(13)4-3-5-8(12)14/h2-4,9,12,14,19H,5-8,10-11H2,1H3;6,9H,2-5,7H2,1H3,(H2,17,22);3-5,11H,2,6H2,1H3. The number of halogens is 10. The van der Waals surface area contributed by atoms with Crippen LogP contribution >= 0.6 is 23.6 Å². The average Bonchev–Trinajstić information content (AvgIpc) is 4.25. The molecule has 2 aromatic carbocycles. The quantitative estimate of drug-likeness (QED) is 0.0990. The first-order valence-electron chi connectivity index (χ1n) is 23.8. The number of aryl methyl sites for hydroxylation is 2. The Morgan fingerprint density at radius 3 is 1.59 bits per heavy atom. The minimum Gasteiger partial charge on any atom is -0.393 e. The van der Waals surface area contributed by atoms with Crippen molar-refractivity contribution in [2.75, 3.05) is 26.2 Å². The van der Waals surface area contributed by atoms with Crippen LogP contribution in [0.5, 0.6) is 0 Å². The Bertz CT molecular complexity index is 2950. The molecule has 2 unspecified atom stereocenters. The number of Topliss-reactive ketones (excluding diaryl/α,β-unsaturated/α-hetero) is 1. The van der Waals surface area contributed by atoms with Gasteiger partial charge in [-0.3, -0.25) is 23.7 Å². The van der Waals surface area contributed by atoms with Crippen LogP contribution in [0.3, 0.4) is 0 Å². The molecule has 0 aliphatic carbocycles. The Labute approximate surface area is 437 Å². The molecule has 2 atom stereocenters. The number of alkyl halides is 6. The van der Waals surface area contributed by atoms with Gasteiger partial charge in [0.25, 0.3) is 0 Å². The Kier molecular flexibility index (Phi) is 18.0. The fraction of sp³-hybridized carbons (Fsp3) is 0.449. The molecule has 15 nitrogen and oxygen atoms in total. The molecule has 76 heavy (non-hydrogen) atoms. The van der Waals surface area contributed by atoms with Gasteiger partial charge in [0.2, 0.25) is 11.8 Å². The van der Waals surface area contributed by atoms with Crippen LogP contribution < -0.4 is 5.73 Å². The topological polar surface area (TPSA) is 175 Å². The van der Waals surface area contributed by atoms with Crippen molar-refractivity contribution in [3.05, 3.63) is 122 Å². The molecule has 0 bridgehead atoms. The highest BCUT2D eigenvalue weighted by atomic mass is 32.1. The Morgan fingerprint density at radius 2 is 1.16 bits per heavy atom. The average molecular weight is 1110 g/mol. The largest absolute Gasteiger partial charge is 0.435 e. The third kappa shape index (κ3) is 13.8. The van der Waals surface area contributed by atoms with E-state index in [4.69, 9.17) is 27.6 Å². The second-order valence-electron chi connectivity index (χ2n) is 18.2. The molecule has 7 heterocycles. The predicted molar refractivity (Wildman–Crippen MR) is 260 cm³/mol. The van der Waals surface area contributed by atoms with E-state index in [-0.39, 0.29) is 77.9 Å². The third-order valence-electron chi connectivity index (χ3n) is 13.0. The smallest absolute Gasteiger partial charge is 0.393 e. The molecule has 4 aliphatic rings. The van der Waals surface area contributed by atoms with Crippen LogP contribution in [0, 0.1) is 43.0 Å². The van der Waals surface area contributed by atoms with Gasteiger partial charge in [0.15, 0.2) is 29.4 Å². The minimum absolute atomic E-state index is 0.105. The van der Waals surface area contributed by atoms with Gasteiger partial charge in [0.05, 0.1) is 26.8 Å². The maximum atomic E-state index is 14.1. The van der Waals surface area contributed by atoms with Gasteiger partial charge in [0, 0.05) is 74.0 Å². The number of hydrogen-bond donors (Lipinski definition) is 1. The second kappa shape index (κ2) is 24.1. The van der Waals surface area contributed by atoms with Gasteiger partial charge in [-0.2, -0.15) is 36.5 Å². The van der Waals surface area contributed by atoms with Crippen molar-refractivity contribution < 1.29 is 68.0 Å². The SMILES string of the molecule is CCC(=O)C1=NOC(c2c(F)cccc2F)C1.Cc1cc(C(F)(F)F)nn1CC(=O)N1CCC(C(N)=S)CC1.Cc1cc(C(F)(F)F)nn1CC(=O)N1CCC(c2nc(C3=NOC(c4c(F)cccc4F)C3)cs2)CC1. The van der Waals surface area contributed by atoms with Crippen LogP contribution in [0.4, 0.5) is 43.9 Å². The molecular weight excluding hydrogens is 1060 g/mol. The minimum atomic E-state index is -4.56. The van der Waals surface area contributed by atoms with Gasteiger partial charge < -0.3 is 25.2 Å². The summed E-state index contributed by atoms with van der Waals surface area (Å²) in [5.41, 5.74) is 5.17. The number of amides is 2. The molecule has 3 aromatic heterocycles. The monoisotopic (exact) mass is 1110 g/mol. The highest BCUT2D eigenvalue weighted by molar-refractivity contribution is 7.80. The van der Waals surface area contributed by atoms with E-state index in [0.717, 1.165) is 38.6 Å². The van der Waals surface area contributed by atoms with Crippen LogP contribution in [0.1, 0.15) is 115 Å². The zero-order valence-electron chi connectivity index (χ0n) is 40.9. The maximum Gasteiger partial charge on any atom is 0.435 e. The van der Waals surface area contributed by atoms with E-state index in [1.807, 2.05) is 5.38 Å². The third-order valence-corrected chi connectivity index (χ3v) is 14.3. The van der Waals surface area contributed by atoms with Crippen molar-refractivity contribution in [3.63, 3.8) is 0 Å². The number of oxime groups is 2. The van der Waals surface area contributed by atoms with Crippen molar-refractivity contribution >= 4 is 57.6 Å². The fourth-order valence-corrected chi connectivity index (χ4v) is 9.93. The Balaban J connectivity index is 0.000000183. The van der Waals surface area contributed by atoms with Gasteiger partial charge in [0.1, 0.15) is 47.8 Å². The lowest BCUT2D eigenvalue weighted by Gasteiger charge is -2.31. The summed E-state index contributed by atoms with van der Waals surface area (Å²) in [4.78, 5) is 54.8. The number of likely N-dealkylation sites (tertiary alicyclic amines) is 2. The number of carbonyl (C=O) groups excluding carboxylic acids is 3. The normalized spacial score (nSPS) is 18.2. The fourth-order valence-electron chi connectivity index (χ4n) is 8.69. The molecule has 2 fully saturated rings. The lowest BCUT2D eigenvalue weighted by atomic mass is 9.97. The van der Waals surface area contributed by atoms with E-state index < -0.39 is 59.2 Å². The molecule has 27 heteroatoms. The molecule has 9 rings (SSSR count). The lowest BCUT2D eigenvalue weighted by molar-refractivity contribution is -0.142. The van der Waals surface area contributed by atoms with Crippen molar-refractivity contribution in [2.24, 2.45) is 22.0 Å². The molecule has 0 spiro atoms. The summed E-state index contributed by atoms with van der Waals surface area (Å²) in [7, 11) is 0. The number of nitrogens with two attached hydrogens (primary N) is 1. The summed E-state index contributed by atoms with van der Waals surface area (Å²) < 4.78 is 134. The molecule has 2 amide bonds. The number of carbonyl (C=O) groups is 3. The summed E-state index contributed by atoms with van der Waals surface area (Å²) in [6, 6.07) is 9.09. The molecule has 4 aliphatic heterocycles. The van der Waals surface area contributed by atoms with Crippen molar-refractivity contribution in [2.45, 2.75) is 109 Å². The van der Waals surface area contributed by atoms with E-state index >= 15 is 0 Å². The van der Waals surface area contributed by atoms with Crippen molar-refractivity contribution in [1.82, 2.24) is 34.3 Å². The van der Waals surface area contributed by atoms with Crippen LogP contribution in [0.15, 0.2) is 64.2 Å². The number of ketones is 1. The van der Waals surface area contributed by atoms with Gasteiger partial charge in [-0.25, -0.2) is 22.5 Å². The highest BCUT2D eigenvalue weighted by Crippen LogP contribution is 2.37. The van der Waals surface area contributed by atoms with Crippen LogP contribution in [0.25, 0.3) is 0 Å². The maximum absolute atomic E-state index is 14.1. The summed E-state index contributed by atoms with van der Waals surface area (Å²) in [6.07, 6.45) is -7.49. The molecule has 0 saturated carbocycles. The van der Waals surface area contributed by atoms with Gasteiger partial charge >= 0.3 is 12.4 Å². The second-order valence-corrected chi connectivity index (χ2v) is 19.5. The summed E-state index contributed by atoms with van der Waals surface area (Å²) in [5, 5.41) is 17.3. The first kappa shape index (κ1) is 56.9. The van der Waals surface area contributed by atoms with Crippen LogP contribution in [-0.2, 0) is 49.5 Å². The van der Waals surface area contributed by atoms with E-state index in [2.05, 4.69) is 25.5 Å². The Morgan fingerprint density at radius 1 is 0.711 bits per heavy atom. The van der Waals surface area contributed by atoms with E-state index in [1.54, 1.807) is 16.7 Å². The Hall–Kier alpha value is -6.77. The van der Waals surface area contributed by atoms with Gasteiger partial charge in [-0.15, -0.1) is 11.3 Å². The number of hydrogen-bond acceptors (Lipinski definition) is 12. The summed E-state index contributed by atoms with van der Waals surface area (Å²) in [6.45, 7) is 6.14. The zero-order chi connectivity index (χ0) is 55.2. The predicted octanol–water partition coefficient (Wildman–Crippen LogP) is 9.71. The van der Waals surface area contributed by atoms with Crippen molar-refractivity contribution in [1.29, 1.82) is 0 Å². The number of benzene rings is 2. The molecule has 5 aromatic rings. The van der Waals surface area contributed by atoms with Gasteiger partial charge in [-0.1, -0.05) is 41.6 Å². The molecule has 0 radical (unpaired) electrons. The van der Waals surface area contributed by atoms with Gasteiger partial charge in [-0.05, 0) is 75.9 Å². The number of thiazole rings is 1. The van der Waals surface area contributed by atoms with Crippen LogP contribution in [-0.4, -0.2) is 94.5 Å². The summed E-state index contributed by atoms with van der Waals surface area (Å²) >= 11 is 6.38. The highest BCUT2D eigenvalue weighted by Gasteiger charge is 2.37. The number of thiocarbonyl (C=S) groups is 1. The first-order chi connectivity index (χ1) is 35.9. The van der Waals surface area contributed by atoms with E-state index in [0.29, 0.717) is 80.4 Å². The first-order valence-corrected chi connectivity index (χ1v) is 25.1. The lowest BCUT2D eigenvalue weighted by Crippen LogP contribution is -2.42. The molecular formula is C49H50F10N10O5S2. The number of rotatable bonds is 11. The number of piperidine rings is 2. The zero-order valence-corrected chi connectivity index (χ0v) is 42.6. The van der Waals surface area contributed by atoms with Crippen LogP contribution in [0.2, 0.25) is 0 Å². The summed E-state index contributed by atoms with van der Waals surface area (Å²) in [5.74, 6) is -3.22. The molecule has 408 valence electrons. The number of aromatic nitrogens is 5. The number of nitrogens with zero attached hydrogens (tertiary/aromatic N) is 9. The van der Waals surface area contributed by atoms with Crippen molar-refractivity contribution in [3.8, 4) is 0 Å². The molecule has 2 N–H and O–H groups in total. The van der Waals surface area contributed by atoms with E-state index in [9.17, 15) is 58.3 Å². The van der Waals surface area contributed by atoms with E-state index in [1.165, 1.54) is 49.4 Å². The molecule has 2 saturated heterocycles.